The number of carbonyl (C=O) groups excluding carboxylic acids is 2. The van der Waals surface area contributed by atoms with Gasteiger partial charge in [0, 0.05) is 13.1 Å². The van der Waals surface area contributed by atoms with E-state index in [-0.39, 0.29) is 18.2 Å². The van der Waals surface area contributed by atoms with Gasteiger partial charge in [-0.15, -0.1) is 0 Å². The fourth-order valence-corrected chi connectivity index (χ4v) is 2.41. The molecule has 1 aliphatic heterocycles. The second-order valence-corrected chi connectivity index (χ2v) is 5.82. The van der Waals surface area contributed by atoms with Crippen molar-refractivity contribution in [1.82, 2.24) is 10.2 Å². The molecule has 0 aromatic carbocycles. The zero-order valence-corrected chi connectivity index (χ0v) is 13.0. The van der Waals surface area contributed by atoms with Gasteiger partial charge in [0.25, 0.3) is 0 Å². The van der Waals surface area contributed by atoms with Crippen molar-refractivity contribution in [3.63, 3.8) is 0 Å². The third kappa shape index (κ3) is 5.00. The van der Waals surface area contributed by atoms with Crippen molar-refractivity contribution < 1.29 is 19.1 Å². The lowest BCUT2D eigenvalue weighted by Gasteiger charge is -2.36. The van der Waals surface area contributed by atoms with E-state index in [1.165, 1.54) is 7.11 Å². The van der Waals surface area contributed by atoms with E-state index >= 15 is 0 Å². The monoisotopic (exact) mass is 286 g/mol. The Bertz CT molecular complexity index is 336. The largest absolute Gasteiger partial charge is 0.467 e. The Kier molecular flexibility index (Phi) is 6.26. The van der Waals surface area contributed by atoms with E-state index in [9.17, 15) is 9.59 Å². The predicted octanol–water partition coefficient (Wildman–Crippen LogP) is 1.39. The first kappa shape index (κ1) is 16.8. The standard InChI is InChI=1S/C14H26N2O4/c1-9(2)6-12(13(17)19-5)15-14(18)16-7-10(3)20-11(4)8-16/h9-12H,6-8H2,1-5H3,(H,15,18)/t10-,11+,12-/m0/s1. The Labute approximate surface area is 120 Å². The zero-order chi connectivity index (χ0) is 15.3. The number of nitrogens with one attached hydrogen (secondary N) is 1. The second-order valence-electron chi connectivity index (χ2n) is 5.82. The third-order valence-corrected chi connectivity index (χ3v) is 3.20. The summed E-state index contributed by atoms with van der Waals surface area (Å²) in [4.78, 5) is 25.7. The molecule has 3 atom stereocenters. The van der Waals surface area contributed by atoms with Crippen molar-refractivity contribution in [3.05, 3.63) is 0 Å². The summed E-state index contributed by atoms with van der Waals surface area (Å²) in [5.74, 6) is -0.108. The molecule has 0 saturated carbocycles. The molecule has 0 bridgehead atoms. The first-order valence-electron chi connectivity index (χ1n) is 7.12. The van der Waals surface area contributed by atoms with Crippen LogP contribution in [0.1, 0.15) is 34.1 Å². The predicted molar refractivity (Wildman–Crippen MR) is 75.4 cm³/mol. The molecule has 0 unspecified atom stereocenters. The zero-order valence-electron chi connectivity index (χ0n) is 13.0. The summed E-state index contributed by atoms with van der Waals surface area (Å²) in [6.45, 7) is 8.93. The van der Waals surface area contributed by atoms with E-state index in [4.69, 9.17) is 9.47 Å². The van der Waals surface area contributed by atoms with Crippen LogP contribution in [0.5, 0.6) is 0 Å². The SMILES string of the molecule is COC(=O)[C@H](CC(C)C)NC(=O)N1C[C@@H](C)O[C@@H](C)C1. The molecule has 1 heterocycles. The second kappa shape index (κ2) is 7.47. The summed E-state index contributed by atoms with van der Waals surface area (Å²) in [7, 11) is 1.33. The minimum absolute atomic E-state index is 0.00572. The van der Waals surface area contributed by atoms with Crippen molar-refractivity contribution in [3.8, 4) is 0 Å². The first-order chi connectivity index (χ1) is 9.33. The molecule has 20 heavy (non-hydrogen) atoms. The average Bonchev–Trinajstić information content (AvgIpc) is 2.35. The minimum Gasteiger partial charge on any atom is -0.467 e. The molecule has 0 radical (unpaired) electrons. The molecule has 6 heteroatoms. The highest BCUT2D eigenvalue weighted by Gasteiger charge is 2.29. The number of urea groups is 1. The van der Waals surface area contributed by atoms with Crippen LogP contribution in [0.25, 0.3) is 0 Å². The Morgan fingerprint density at radius 2 is 1.85 bits per heavy atom. The van der Waals surface area contributed by atoms with Gasteiger partial charge in [0.2, 0.25) is 0 Å². The van der Waals surface area contributed by atoms with Gasteiger partial charge in [0.1, 0.15) is 6.04 Å². The molecular formula is C14H26N2O4. The van der Waals surface area contributed by atoms with Crippen LogP contribution < -0.4 is 5.32 Å². The fourth-order valence-electron chi connectivity index (χ4n) is 2.41. The molecule has 1 fully saturated rings. The maximum Gasteiger partial charge on any atom is 0.328 e. The molecule has 1 rings (SSSR count). The van der Waals surface area contributed by atoms with Gasteiger partial charge < -0.3 is 19.7 Å². The van der Waals surface area contributed by atoms with Crippen LogP contribution in [0.15, 0.2) is 0 Å². The summed E-state index contributed by atoms with van der Waals surface area (Å²) < 4.78 is 10.3. The highest BCUT2D eigenvalue weighted by molar-refractivity contribution is 5.83. The first-order valence-corrected chi connectivity index (χ1v) is 7.12. The number of hydrogen-bond donors (Lipinski definition) is 1. The van der Waals surface area contributed by atoms with Gasteiger partial charge in [0.05, 0.1) is 19.3 Å². The van der Waals surface area contributed by atoms with Crippen LogP contribution in [-0.4, -0.2) is 55.3 Å². The summed E-state index contributed by atoms with van der Waals surface area (Å²) in [6, 6.07) is -0.830. The van der Waals surface area contributed by atoms with E-state index < -0.39 is 12.0 Å². The van der Waals surface area contributed by atoms with Gasteiger partial charge in [-0.1, -0.05) is 13.8 Å². The van der Waals surface area contributed by atoms with Crippen molar-refractivity contribution >= 4 is 12.0 Å². The number of hydrogen-bond acceptors (Lipinski definition) is 4. The van der Waals surface area contributed by atoms with Crippen LogP contribution in [0, 0.1) is 5.92 Å². The van der Waals surface area contributed by atoms with Crippen LogP contribution in [0.2, 0.25) is 0 Å². The fraction of sp³-hybridized carbons (Fsp3) is 0.857. The third-order valence-electron chi connectivity index (χ3n) is 3.20. The minimum atomic E-state index is -0.596. The lowest BCUT2D eigenvalue weighted by atomic mass is 10.0. The van der Waals surface area contributed by atoms with Crippen LogP contribution in [0.3, 0.4) is 0 Å². The highest BCUT2D eigenvalue weighted by atomic mass is 16.5. The Hall–Kier alpha value is -1.30. The number of methoxy groups -OCH3 is 1. The Balaban J connectivity index is 2.62. The van der Waals surface area contributed by atoms with Crippen molar-refractivity contribution in [2.45, 2.75) is 52.4 Å². The summed E-state index contributed by atoms with van der Waals surface area (Å²) in [5, 5.41) is 2.77. The lowest BCUT2D eigenvalue weighted by Crippen LogP contribution is -2.55. The number of carbonyl (C=O) groups is 2. The molecule has 0 aliphatic carbocycles. The van der Waals surface area contributed by atoms with Gasteiger partial charge in [-0.05, 0) is 26.2 Å². The smallest absolute Gasteiger partial charge is 0.328 e. The van der Waals surface area contributed by atoms with Gasteiger partial charge in [-0.3, -0.25) is 0 Å². The molecule has 116 valence electrons. The maximum atomic E-state index is 12.3. The van der Waals surface area contributed by atoms with Crippen LogP contribution >= 0.6 is 0 Å². The number of esters is 1. The van der Waals surface area contributed by atoms with Crippen LogP contribution in [-0.2, 0) is 14.3 Å². The van der Waals surface area contributed by atoms with Crippen molar-refractivity contribution in [2.75, 3.05) is 20.2 Å². The number of ether oxygens (including phenoxy) is 2. The van der Waals surface area contributed by atoms with Gasteiger partial charge >= 0.3 is 12.0 Å². The lowest BCUT2D eigenvalue weighted by molar-refractivity contribution is -0.143. The molecule has 1 aliphatic rings. The van der Waals surface area contributed by atoms with Crippen LogP contribution in [0.4, 0.5) is 4.79 Å². The van der Waals surface area contributed by atoms with Crippen molar-refractivity contribution in [2.24, 2.45) is 5.92 Å². The molecule has 6 nitrogen and oxygen atoms in total. The quantitative estimate of drug-likeness (QED) is 0.793. The number of nitrogens with zero attached hydrogens (tertiary/aromatic N) is 1. The maximum absolute atomic E-state index is 12.3. The number of morpholine rings is 1. The molecule has 1 saturated heterocycles. The van der Waals surface area contributed by atoms with E-state index in [0.717, 1.165) is 0 Å². The molecule has 0 aromatic rings. The Morgan fingerprint density at radius 1 is 1.30 bits per heavy atom. The van der Waals surface area contributed by atoms with E-state index in [0.29, 0.717) is 25.4 Å². The average molecular weight is 286 g/mol. The number of rotatable bonds is 4. The molecule has 0 aromatic heterocycles. The molecule has 2 amide bonds. The summed E-state index contributed by atoms with van der Waals surface area (Å²) in [6.07, 6.45) is 0.575. The van der Waals surface area contributed by atoms with Gasteiger partial charge in [-0.25, -0.2) is 9.59 Å². The number of amides is 2. The van der Waals surface area contributed by atoms with E-state index in [2.05, 4.69) is 5.32 Å². The molecule has 1 N–H and O–H groups in total. The summed E-state index contributed by atoms with van der Waals surface area (Å²) >= 11 is 0. The van der Waals surface area contributed by atoms with E-state index in [1.54, 1.807) is 4.90 Å². The van der Waals surface area contributed by atoms with Gasteiger partial charge in [-0.2, -0.15) is 0 Å². The molecular weight excluding hydrogens is 260 g/mol. The van der Waals surface area contributed by atoms with E-state index in [1.807, 2.05) is 27.7 Å². The highest BCUT2D eigenvalue weighted by Crippen LogP contribution is 2.12. The topological polar surface area (TPSA) is 67.9 Å². The summed E-state index contributed by atoms with van der Waals surface area (Å²) in [5.41, 5.74) is 0. The van der Waals surface area contributed by atoms with Gasteiger partial charge in [0.15, 0.2) is 0 Å². The molecule has 0 spiro atoms. The normalized spacial score (nSPS) is 24.4. The Morgan fingerprint density at radius 3 is 2.30 bits per heavy atom. The van der Waals surface area contributed by atoms with Crippen molar-refractivity contribution in [1.29, 1.82) is 0 Å².